The van der Waals surface area contributed by atoms with E-state index in [0.29, 0.717) is 18.9 Å². The Hall–Kier alpha value is -2.45. The van der Waals surface area contributed by atoms with Gasteiger partial charge in [0.1, 0.15) is 17.2 Å². The number of nitrogen functional groups attached to an aromatic ring is 1. The number of carbonyl (C=O) groups excluding carboxylic acids is 1. The second-order valence-corrected chi connectivity index (χ2v) is 4.88. The third-order valence-corrected chi connectivity index (χ3v) is 3.26. The highest BCUT2D eigenvalue weighted by Gasteiger charge is 2.17. The van der Waals surface area contributed by atoms with Crippen LogP contribution >= 0.6 is 0 Å². The summed E-state index contributed by atoms with van der Waals surface area (Å²) in [6, 6.07) is 5.65. The van der Waals surface area contributed by atoms with E-state index in [1.165, 1.54) is 35.1 Å². The first-order valence-corrected chi connectivity index (χ1v) is 7.67. The van der Waals surface area contributed by atoms with E-state index in [1.807, 2.05) is 13.8 Å². The number of ether oxygens (including phenoxy) is 2. The van der Waals surface area contributed by atoms with Crippen molar-refractivity contribution in [3.63, 3.8) is 0 Å². The van der Waals surface area contributed by atoms with Crippen LogP contribution in [0.4, 0.5) is 10.2 Å². The van der Waals surface area contributed by atoms with Gasteiger partial charge in [0.25, 0.3) is 5.91 Å². The van der Waals surface area contributed by atoms with Gasteiger partial charge in [-0.25, -0.2) is 9.07 Å². The van der Waals surface area contributed by atoms with E-state index in [4.69, 9.17) is 15.2 Å². The van der Waals surface area contributed by atoms with E-state index in [0.717, 1.165) is 0 Å². The first kappa shape index (κ1) is 17.9. The molecule has 3 N–H and O–H groups in total. The number of halogens is 1. The molecular formula is C16H21FN4O3. The molecule has 2 rings (SSSR count). The Balaban J connectivity index is 2.06. The second kappa shape index (κ2) is 8.42. The van der Waals surface area contributed by atoms with Crippen LogP contribution in [0.2, 0.25) is 0 Å². The molecule has 8 heteroatoms. The topological polar surface area (TPSA) is 91.4 Å². The fourth-order valence-corrected chi connectivity index (χ4v) is 2.13. The third-order valence-electron chi connectivity index (χ3n) is 3.26. The molecule has 0 aliphatic rings. The maximum atomic E-state index is 13.0. The molecule has 1 heterocycles. The van der Waals surface area contributed by atoms with Crippen LogP contribution in [0.3, 0.4) is 0 Å². The number of rotatable bonds is 8. The lowest BCUT2D eigenvalue weighted by Gasteiger charge is -2.17. The molecule has 0 unspecified atom stereocenters. The Morgan fingerprint density at radius 1 is 1.29 bits per heavy atom. The van der Waals surface area contributed by atoms with E-state index in [-0.39, 0.29) is 29.7 Å². The Morgan fingerprint density at radius 3 is 2.50 bits per heavy atom. The molecule has 0 radical (unpaired) electrons. The van der Waals surface area contributed by atoms with Crippen molar-refractivity contribution in [1.82, 2.24) is 15.1 Å². The lowest BCUT2D eigenvalue weighted by atomic mass is 10.3. The minimum atomic E-state index is -0.516. The average Bonchev–Trinajstić information content (AvgIpc) is 2.95. The van der Waals surface area contributed by atoms with Gasteiger partial charge in [-0.3, -0.25) is 4.79 Å². The van der Waals surface area contributed by atoms with Crippen molar-refractivity contribution in [2.24, 2.45) is 0 Å². The normalized spacial score (nSPS) is 11.0. The molecule has 1 aromatic heterocycles. The molecule has 7 nitrogen and oxygen atoms in total. The van der Waals surface area contributed by atoms with Crippen LogP contribution < -0.4 is 11.1 Å². The number of nitrogens with zero attached hydrogens (tertiary/aromatic N) is 2. The summed E-state index contributed by atoms with van der Waals surface area (Å²) in [5.74, 6) is -0.575. The summed E-state index contributed by atoms with van der Waals surface area (Å²) in [7, 11) is 0. The van der Waals surface area contributed by atoms with E-state index in [2.05, 4.69) is 10.4 Å². The number of nitrogens with two attached hydrogens (primary N) is 1. The lowest BCUT2D eigenvalue weighted by Crippen LogP contribution is -2.35. The molecule has 0 atom stereocenters. The molecule has 2 aromatic rings. The van der Waals surface area contributed by atoms with Crippen molar-refractivity contribution >= 4 is 11.7 Å². The number of benzene rings is 1. The van der Waals surface area contributed by atoms with Gasteiger partial charge >= 0.3 is 0 Å². The highest BCUT2D eigenvalue weighted by atomic mass is 19.1. The Morgan fingerprint density at radius 2 is 1.92 bits per heavy atom. The average molecular weight is 336 g/mol. The Kier molecular flexibility index (Phi) is 6.28. The summed E-state index contributed by atoms with van der Waals surface area (Å²) in [5.41, 5.74) is 6.77. The third kappa shape index (κ3) is 4.30. The summed E-state index contributed by atoms with van der Waals surface area (Å²) in [4.78, 5) is 12.3. The number of nitrogens with one attached hydrogen (secondary N) is 1. The number of hydrogen-bond acceptors (Lipinski definition) is 5. The van der Waals surface area contributed by atoms with Crippen LogP contribution in [0.25, 0.3) is 5.69 Å². The summed E-state index contributed by atoms with van der Waals surface area (Å²) in [5, 5.41) is 6.78. The van der Waals surface area contributed by atoms with Crippen LogP contribution in [-0.4, -0.2) is 41.7 Å². The van der Waals surface area contributed by atoms with Gasteiger partial charge in [-0.05, 0) is 38.1 Å². The van der Waals surface area contributed by atoms with Crippen molar-refractivity contribution in [2.75, 3.05) is 25.5 Å². The predicted molar refractivity (Wildman–Crippen MR) is 87.3 cm³/mol. The molecule has 0 saturated carbocycles. The van der Waals surface area contributed by atoms with E-state index >= 15 is 0 Å². The number of aromatic nitrogens is 2. The van der Waals surface area contributed by atoms with Gasteiger partial charge in [-0.2, -0.15) is 5.10 Å². The molecule has 0 aliphatic heterocycles. The Labute approximate surface area is 139 Å². The highest BCUT2D eigenvalue weighted by molar-refractivity contribution is 5.98. The summed E-state index contributed by atoms with van der Waals surface area (Å²) in [6.45, 7) is 4.84. The standard InChI is InChI=1S/C16H21FN4O3/c1-3-23-14(24-4-2)10-19-16(22)13-9-20-21(15(13)18)12-7-5-11(17)6-8-12/h5-9,14H,3-4,10,18H2,1-2H3,(H,19,22). The first-order chi connectivity index (χ1) is 11.6. The monoisotopic (exact) mass is 336 g/mol. The molecule has 0 fully saturated rings. The molecule has 0 aliphatic carbocycles. The van der Waals surface area contributed by atoms with Gasteiger partial charge < -0.3 is 20.5 Å². The highest BCUT2D eigenvalue weighted by Crippen LogP contribution is 2.17. The first-order valence-electron chi connectivity index (χ1n) is 7.67. The number of hydrogen-bond donors (Lipinski definition) is 2. The number of carbonyl (C=O) groups is 1. The van der Waals surface area contributed by atoms with E-state index in [9.17, 15) is 9.18 Å². The predicted octanol–water partition coefficient (Wildman–Crippen LogP) is 1.72. The van der Waals surface area contributed by atoms with E-state index < -0.39 is 6.29 Å². The molecule has 24 heavy (non-hydrogen) atoms. The zero-order valence-electron chi connectivity index (χ0n) is 13.7. The maximum Gasteiger partial charge on any atom is 0.256 e. The molecule has 0 bridgehead atoms. The van der Waals surface area contributed by atoms with Crippen molar-refractivity contribution in [3.8, 4) is 5.69 Å². The molecule has 0 saturated heterocycles. The molecular weight excluding hydrogens is 315 g/mol. The SMILES string of the molecule is CCOC(CNC(=O)c1cnn(-c2ccc(F)cc2)c1N)OCC. The number of anilines is 1. The molecule has 1 aromatic carbocycles. The lowest BCUT2D eigenvalue weighted by molar-refractivity contribution is -0.131. The van der Waals surface area contributed by atoms with Gasteiger partial charge in [0.15, 0.2) is 6.29 Å². The van der Waals surface area contributed by atoms with Crippen molar-refractivity contribution in [2.45, 2.75) is 20.1 Å². The summed E-state index contributed by atoms with van der Waals surface area (Å²) >= 11 is 0. The van der Waals surface area contributed by atoms with Gasteiger partial charge in [0.05, 0.1) is 18.4 Å². The minimum absolute atomic E-state index is 0.170. The molecule has 1 amide bonds. The quantitative estimate of drug-likeness (QED) is 0.716. The molecule has 0 spiro atoms. The summed E-state index contributed by atoms with van der Waals surface area (Å²) < 4.78 is 25.1. The molecule has 130 valence electrons. The summed E-state index contributed by atoms with van der Waals surface area (Å²) in [6.07, 6.45) is 0.849. The second-order valence-electron chi connectivity index (χ2n) is 4.88. The van der Waals surface area contributed by atoms with E-state index in [1.54, 1.807) is 0 Å². The van der Waals surface area contributed by atoms with Crippen LogP contribution in [0.15, 0.2) is 30.5 Å². The zero-order chi connectivity index (χ0) is 17.5. The van der Waals surface area contributed by atoms with Crippen LogP contribution in [0.1, 0.15) is 24.2 Å². The van der Waals surface area contributed by atoms with Crippen molar-refractivity contribution in [3.05, 3.63) is 41.8 Å². The van der Waals surface area contributed by atoms with Crippen LogP contribution in [-0.2, 0) is 9.47 Å². The fourth-order valence-electron chi connectivity index (χ4n) is 2.13. The van der Waals surface area contributed by atoms with Crippen molar-refractivity contribution in [1.29, 1.82) is 0 Å². The largest absolute Gasteiger partial charge is 0.383 e. The minimum Gasteiger partial charge on any atom is -0.383 e. The van der Waals surface area contributed by atoms with Crippen molar-refractivity contribution < 1.29 is 18.7 Å². The van der Waals surface area contributed by atoms with Crippen LogP contribution in [0, 0.1) is 5.82 Å². The zero-order valence-corrected chi connectivity index (χ0v) is 13.7. The Bertz CT molecular complexity index is 666. The van der Waals surface area contributed by atoms with Gasteiger partial charge in [-0.1, -0.05) is 0 Å². The van der Waals surface area contributed by atoms with Crippen LogP contribution in [0.5, 0.6) is 0 Å². The smallest absolute Gasteiger partial charge is 0.256 e. The van der Waals surface area contributed by atoms with Gasteiger partial charge in [0, 0.05) is 13.2 Å². The van der Waals surface area contributed by atoms with Gasteiger partial charge in [0.2, 0.25) is 0 Å². The fraction of sp³-hybridized carbons (Fsp3) is 0.375. The van der Waals surface area contributed by atoms with Gasteiger partial charge in [-0.15, -0.1) is 0 Å². The maximum absolute atomic E-state index is 13.0. The number of amides is 1.